The first-order valence-corrected chi connectivity index (χ1v) is 9.65. The monoisotopic (exact) mass is 411 g/mol. The Hall–Kier alpha value is -3.62. The largest absolute Gasteiger partial charge is 0.485 e. The molecule has 1 atom stereocenters. The van der Waals surface area contributed by atoms with Crippen molar-refractivity contribution in [3.05, 3.63) is 58.1 Å². The molecule has 30 heavy (non-hydrogen) atoms. The Morgan fingerprint density at radius 1 is 1.07 bits per heavy atom. The van der Waals surface area contributed by atoms with Crippen molar-refractivity contribution in [3.8, 4) is 11.5 Å². The molecule has 2 aromatic carbocycles. The SMILES string of the molecule is CC(=O)c1ccc(N2CCN(C(=O)[C@H]3COc4ccccc4O3)CC2)c([N+](=O)[O-])c1. The number of nitro benzene ring substituents is 1. The van der Waals surface area contributed by atoms with Crippen LogP contribution in [0.2, 0.25) is 0 Å². The predicted octanol–water partition coefficient (Wildman–Crippen LogP) is 2.29. The zero-order chi connectivity index (χ0) is 21.3. The molecule has 9 heteroatoms. The molecule has 0 bridgehead atoms. The Balaban J connectivity index is 1.42. The summed E-state index contributed by atoms with van der Waals surface area (Å²) in [6, 6.07) is 11.7. The van der Waals surface area contributed by atoms with E-state index in [1.807, 2.05) is 17.0 Å². The number of anilines is 1. The van der Waals surface area contributed by atoms with Crippen LogP contribution >= 0.6 is 0 Å². The number of para-hydroxylation sites is 2. The van der Waals surface area contributed by atoms with Gasteiger partial charge in [-0.1, -0.05) is 12.1 Å². The van der Waals surface area contributed by atoms with Gasteiger partial charge in [0.25, 0.3) is 11.6 Å². The minimum atomic E-state index is -0.712. The van der Waals surface area contributed by atoms with Crippen molar-refractivity contribution in [2.75, 3.05) is 37.7 Å². The van der Waals surface area contributed by atoms with Gasteiger partial charge in [-0.15, -0.1) is 0 Å². The van der Waals surface area contributed by atoms with Crippen LogP contribution in [0.15, 0.2) is 42.5 Å². The van der Waals surface area contributed by atoms with Crippen molar-refractivity contribution in [1.82, 2.24) is 4.90 Å². The molecule has 0 N–H and O–H groups in total. The number of nitrogens with zero attached hydrogens (tertiary/aromatic N) is 3. The van der Waals surface area contributed by atoms with E-state index in [2.05, 4.69) is 0 Å². The van der Waals surface area contributed by atoms with E-state index in [9.17, 15) is 19.7 Å². The van der Waals surface area contributed by atoms with Gasteiger partial charge in [0.05, 0.1) is 4.92 Å². The summed E-state index contributed by atoms with van der Waals surface area (Å²) in [4.78, 5) is 39.0. The van der Waals surface area contributed by atoms with Crippen molar-refractivity contribution in [3.63, 3.8) is 0 Å². The maximum absolute atomic E-state index is 12.9. The number of Topliss-reactive ketones (excluding diaryl/α,β-unsaturated/α-hetero) is 1. The molecule has 4 rings (SSSR count). The van der Waals surface area contributed by atoms with Gasteiger partial charge >= 0.3 is 0 Å². The molecule has 0 unspecified atom stereocenters. The molecule has 2 aliphatic heterocycles. The number of piperazine rings is 1. The molecule has 2 heterocycles. The van der Waals surface area contributed by atoms with E-state index < -0.39 is 11.0 Å². The molecule has 1 amide bonds. The number of nitro groups is 1. The Morgan fingerprint density at radius 2 is 1.77 bits per heavy atom. The summed E-state index contributed by atoms with van der Waals surface area (Å²) in [5.74, 6) is 0.775. The Kier molecular flexibility index (Phi) is 5.26. The number of carbonyl (C=O) groups is 2. The van der Waals surface area contributed by atoms with Gasteiger partial charge in [-0.2, -0.15) is 0 Å². The summed E-state index contributed by atoms with van der Waals surface area (Å²) in [6.45, 7) is 3.22. The van der Waals surface area contributed by atoms with Gasteiger partial charge in [-0.05, 0) is 31.2 Å². The topological polar surface area (TPSA) is 102 Å². The molecule has 0 aromatic heterocycles. The number of fused-ring (bicyclic) bond motifs is 1. The molecule has 1 saturated heterocycles. The van der Waals surface area contributed by atoms with Crippen LogP contribution in [0, 0.1) is 10.1 Å². The number of benzene rings is 2. The summed E-state index contributed by atoms with van der Waals surface area (Å²) >= 11 is 0. The number of rotatable bonds is 4. The zero-order valence-electron chi connectivity index (χ0n) is 16.4. The first-order valence-electron chi connectivity index (χ1n) is 9.65. The highest BCUT2D eigenvalue weighted by Crippen LogP contribution is 2.32. The minimum absolute atomic E-state index is 0.108. The molecular weight excluding hydrogens is 390 g/mol. The summed E-state index contributed by atoms with van der Waals surface area (Å²) in [5.41, 5.74) is 0.639. The fourth-order valence-corrected chi connectivity index (χ4v) is 3.67. The maximum Gasteiger partial charge on any atom is 0.293 e. The molecule has 2 aliphatic rings. The van der Waals surface area contributed by atoms with E-state index in [0.717, 1.165) is 0 Å². The Bertz CT molecular complexity index is 1000. The van der Waals surface area contributed by atoms with Crippen LogP contribution in [0.5, 0.6) is 11.5 Å². The quantitative estimate of drug-likeness (QED) is 0.432. The number of ether oxygens (including phenoxy) is 2. The first-order chi connectivity index (χ1) is 14.4. The van der Waals surface area contributed by atoms with E-state index >= 15 is 0 Å². The smallest absolute Gasteiger partial charge is 0.293 e. The third kappa shape index (κ3) is 3.78. The third-order valence-corrected chi connectivity index (χ3v) is 5.29. The van der Waals surface area contributed by atoms with E-state index in [0.29, 0.717) is 48.9 Å². The van der Waals surface area contributed by atoms with Gasteiger partial charge in [-0.25, -0.2) is 0 Å². The number of carbonyl (C=O) groups excluding carboxylic acids is 2. The lowest BCUT2D eigenvalue weighted by Crippen LogP contribution is -2.54. The lowest BCUT2D eigenvalue weighted by molar-refractivity contribution is -0.384. The van der Waals surface area contributed by atoms with Gasteiger partial charge in [0.2, 0.25) is 6.10 Å². The van der Waals surface area contributed by atoms with Gasteiger partial charge in [-0.3, -0.25) is 19.7 Å². The van der Waals surface area contributed by atoms with E-state index in [4.69, 9.17) is 9.47 Å². The second kappa shape index (κ2) is 8.02. The van der Waals surface area contributed by atoms with Crippen LogP contribution in [0.4, 0.5) is 11.4 Å². The van der Waals surface area contributed by atoms with Gasteiger partial charge in [0, 0.05) is 37.8 Å². The average molecular weight is 411 g/mol. The zero-order valence-corrected chi connectivity index (χ0v) is 16.4. The van der Waals surface area contributed by atoms with Crippen LogP contribution in [0.3, 0.4) is 0 Å². The number of ketones is 1. The van der Waals surface area contributed by atoms with Gasteiger partial charge < -0.3 is 19.3 Å². The van der Waals surface area contributed by atoms with Crippen molar-refractivity contribution in [2.45, 2.75) is 13.0 Å². The lowest BCUT2D eigenvalue weighted by Gasteiger charge is -2.37. The van der Waals surface area contributed by atoms with Gasteiger partial charge in [0.1, 0.15) is 12.3 Å². The van der Waals surface area contributed by atoms with Crippen molar-refractivity contribution < 1.29 is 24.0 Å². The summed E-state index contributed by atoms with van der Waals surface area (Å²) in [7, 11) is 0. The molecule has 9 nitrogen and oxygen atoms in total. The lowest BCUT2D eigenvalue weighted by atomic mass is 10.1. The highest BCUT2D eigenvalue weighted by atomic mass is 16.6. The van der Waals surface area contributed by atoms with Crippen LogP contribution in [-0.4, -0.2) is 60.4 Å². The molecule has 0 aliphatic carbocycles. The molecule has 0 radical (unpaired) electrons. The number of amides is 1. The first kappa shape index (κ1) is 19.7. The minimum Gasteiger partial charge on any atom is -0.485 e. The van der Waals surface area contributed by atoms with E-state index in [-0.39, 0.29) is 24.0 Å². The standard InChI is InChI=1S/C21H21N3O6/c1-14(25)15-6-7-16(17(12-15)24(27)28)22-8-10-23(11-9-22)21(26)20-13-29-18-4-2-3-5-19(18)30-20/h2-7,12,20H,8-11,13H2,1H3/t20-/m1/s1. The highest BCUT2D eigenvalue weighted by molar-refractivity contribution is 5.95. The Morgan fingerprint density at radius 3 is 2.43 bits per heavy atom. The number of hydrogen-bond acceptors (Lipinski definition) is 7. The second-order valence-electron chi connectivity index (χ2n) is 7.19. The maximum atomic E-state index is 12.9. The summed E-state index contributed by atoms with van der Waals surface area (Å²) in [6.07, 6.45) is -0.712. The van der Waals surface area contributed by atoms with Crippen molar-refractivity contribution in [1.29, 1.82) is 0 Å². The molecule has 0 saturated carbocycles. The van der Waals surface area contributed by atoms with Crippen molar-refractivity contribution >= 4 is 23.1 Å². The Labute approximate surface area is 172 Å². The molecule has 0 spiro atoms. The molecular formula is C21H21N3O6. The van der Waals surface area contributed by atoms with Crippen molar-refractivity contribution in [2.24, 2.45) is 0 Å². The van der Waals surface area contributed by atoms with Crippen LogP contribution in [-0.2, 0) is 4.79 Å². The van der Waals surface area contributed by atoms with Gasteiger partial charge in [0.15, 0.2) is 17.3 Å². The second-order valence-corrected chi connectivity index (χ2v) is 7.19. The number of hydrogen-bond donors (Lipinski definition) is 0. The van der Waals surface area contributed by atoms with Crippen LogP contribution < -0.4 is 14.4 Å². The highest BCUT2D eigenvalue weighted by Gasteiger charge is 2.33. The van der Waals surface area contributed by atoms with E-state index in [1.165, 1.54) is 13.0 Å². The molecule has 156 valence electrons. The summed E-state index contributed by atoms with van der Waals surface area (Å²) in [5, 5.41) is 11.5. The summed E-state index contributed by atoms with van der Waals surface area (Å²) < 4.78 is 11.4. The van der Waals surface area contributed by atoms with E-state index in [1.54, 1.807) is 29.2 Å². The fourth-order valence-electron chi connectivity index (χ4n) is 3.67. The molecule has 2 aromatic rings. The predicted molar refractivity (Wildman–Crippen MR) is 108 cm³/mol. The van der Waals surface area contributed by atoms with Crippen LogP contribution in [0.1, 0.15) is 17.3 Å². The fraction of sp³-hybridized carbons (Fsp3) is 0.333. The van der Waals surface area contributed by atoms with Crippen LogP contribution in [0.25, 0.3) is 0 Å². The average Bonchev–Trinajstić information content (AvgIpc) is 2.78. The molecule has 1 fully saturated rings. The normalized spacial score (nSPS) is 18.1. The third-order valence-electron chi connectivity index (χ3n) is 5.29.